The highest BCUT2D eigenvalue weighted by Crippen LogP contribution is 2.25. The number of Topliss-reactive ketones (excluding diaryl/α,β-unsaturated/α-hetero) is 1. The molecule has 0 bridgehead atoms. The summed E-state index contributed by atoms with van der Waals surface area (Å²) in [6.07, 6.45) is 3.58. The molecule has 1 atom stereocenters. The number of para-hydroxylation sites is 1. The summed E-state index contributed by atoms with van der Waals surface area (Å²) in [5, 5.41) is 11.8. The number of hydrogen-bond donors (Lipinski definition) is 2. The Hall–Kier alpha value is -3.39. The molecule has 7 nitrogen and oxygen atoms in total. The second-order valence-electron chi connectivity index (χ2n) is 6.39. The van der Waals surface area contributed by atoms with Gasteiger partial charge in [0.15, 0.2) is 11.0 Å². The molecule has 2 N–H and O–H groups in total. The summed E-state index contributed by atoms with van der Waals surface area (Å²) >= 11 is 1.21. The third-order valence-corrected chi connectivity index (χ3v) is 5.60. The van der Waals surface area contributed by atoms with E-state index >= 15 is 0 Å². The number of amides is 1. The number of ether oxygens (including phenoxy) is 1. The molecule has 2 aromatic carbocycles. The number of aromatic amines is 1. The minimum atomic E-state index is -0.522. The van der Waals surface area contributed by atoms with Crippen LogP contribution in [0.15, 0.2) is 64.9 Å². The van der Waals surface area contributed by atoms with Crippen molar-refractivity contribution in [3.05, 3.63) is 65.9 Å². The molecule has 1 unspecified atom stereocenters. The number of H-pyrrole nitrogens is 1. The average Bonchev–Trinajstić information content (AvgIpc) is 3.31. The van der Waals surface area contributed by atoms with E-state index in [2.05, 4.69) is 20.5 Å². The molecule has 2 heterocycles. The Bertz CT molecular complexity index is 1120. The van der Waals surface area contributed by atoms with Gasteiger partial charge in [-0.05, 0) is 30.3 Å². The number of carbonyl (C=O) groups is 2. The van der Waals surface area contributed by atoms with E-state index < -0.39 is 5.25 Å². The maximum atomic E-state index is 12.4. The van der Waals surface area contributed by atoms with Gasteiger partial charge in [-0.2, -0.15) is 5.10 Å². The van der Waals surface area contributed by atoms with E-state index in [4.69, 9.17) is 4.74 Å². The molecule has 8 heteroatoms. The maximum Gasteiger partial charge on any atom is 0.240 e. The van der Waals surface area contributed by atoms with Gasteiger partial charge >= 0.3 is 0 Å². The van der Waals surface area contributed by atoms with Gasteiger partial charge in [0.2, 0.25) is 5.91 Å². The Morgan fingerprint density at radius 2 is 2.00 bits per heavy atom. The number of rotatable bonds is 6. The monoisotopic (exact) mass is 406 g/mol. The van der Waals surface area contributed by atoms with Crippen LogP contribution in [0.2, 0.25) is 0 Å². The number of nitrogens with zero attached hydrogens (tertiary/aromatic N) is 2. The molecule has 1 aliphatic heterocycles. The molecule has 0 spiro atoms. The summed E-state index contributed by atoms with van der Waals surface area (Å²) in [5.41, 5.74) is 2.47. The summed E-state index contributed by atoms with van der Waals surface area (Å²) < 4.78 is 5.09. The molecule has 0 aliphatic carbocycles. The van der Waals surface area contributed by atoms with Crippen molar-refractivity contribution in [2.75, 3.05) is 7.11 Å². The molecular formula is C21H18N4O3S. The Labute approximate surface area is 171 Å². The molecule has 0 radical (unpaired) electrons. The van der Waals surface area contributed by atoms with Crippen molar-refractivity contribution < 1.29 is 14.3 Å². The van der Waals surface area contributed by atoms with E-state index in [0.29, 0.717) is 16.5 Å². The number of ketones is 1. The minimum Gasteiger partial charge on any atom is -0.497 e. The lowest BCUT2D eigenvalue weighted by atomic mass is 10.1. The molecule has 1 aromatic heterocycles. The van der Waals surface area contributed by atoms with Crippen molar-refractivity contribution in [3.63, 3.8) is 0 Å². The van der Waals surface area contributed by atoms with E-state index in [1.807, 2.05) is 30.5 Å². The van der Waals surface area contributed by atoms with Gasteiger partial charge in [-0.3, -0.25) is 9.59 Å². The number of amidine groups is 1. The van der Waals surface area contributed by atoms with Crippen LogP contribution in [0.25, 0.3) is 10.9 Å². The molecule has 29 heavy (non-hydrogen) atoms. The summed E-state index contributed by atoms with van der Waals surface area (Å²) in [4.78, 5) is 27.8. The Morgan fingerprint density at radius 1 is 1.21 bits per heavy atom. The fourth-order valence-corrected chi connectivity index (χ4v) is 3.92. The molecular weight excluding hydrogens is 388 g/mol. The number of fused-ring (bicyclic) bond motifs is 1. The molecule has 0 saturated carbocycles. The summed E-state index contributed by atoms with van der Waals surface area (Å²) in [6, 6.07) is 14.7. The van der Waals surface area contributed by atoms with Crippen LogP contribution in [-0.2, 0) is 4.79 Å². The van der Waals surface area contributed by atoms with Crippen LogP contribution >= 0.6 is 11.8 Å². The van der Waals surface area contributed by atoms with Gasteiger partial charge in [0, 0.05) is 34.6 Å². The zero-order valence-corrected chi connectivity index (χ0v) is 16.4. The molecule has 4 rings (SSSR count). The van der Waals surface area contributed by atoms with E-state index in [0.717, 1.165) is 16.5 Å². The molecule has 3 aromatic rings. The fraction of sp³-hybridized carbons (Fsp3) is 0.143. The van der Waals surface area contributed by atoms with Gasteiger partial charge < -0.3 is 15.0 Å². The third kappa shape index (κ3) is 4.22. The first kappa shape index (κ1) is 18.9. The first-order valence-electron chi connectivity index (χ1n) is 8.96. The number of aromatic nitrogens is 1. The lowest BCUT2D eigenvalue weighted by Crippen LogP contribution is -2.26. The summed E-state index contributed by atoms with van der Waals surface area (Å²) in [6.45, 7) is 0. The number of benzene rings is 2. The van der Waals surface area contributed by atoms with Crippen molar-refractivity contribution in [1.82, 2.24) is 10.3 Å². The zero-order valence-electron chi connectivity index (χ0n) is 15.6. The van der Waals surface area contributed by atoms with Gasteiger partial charge in [0.1, 0.15) is 5.75 Å². The maximum absolute atomic E-state index is 12.4. The number of methoxy groups -OCH3 is 1. The highest BCUT2D eigenvalue weighted by Gasteiger charge is 2.32. The van der Waals surface area contributed by atoms with Gasteiger partial charge in [0.25, 0.3) is 0 Å². The van der Waals surface area contributed by atoms with E-state index in [1.54, 1.807) is 37.6 Å². The number of hydrogen-bond acceptors (Lipinski definition) is 6. The molecule has 146 valence electrons. The Morgan fingerprint density at radius 3 is 2.79 bits per heavy atom. The van der Waals surface area contributed by atoms with Crippen LogP contribution in [0.1, 0.15) is 22.3 Å². The van der Waals surface area contributed by atoms with Crippen molar-refractivity contribution in [1.29, 1.82) is 0 Å². The van der Waals surface area contributed by atoms with Crippen molar-refractivity contribution in [2.45, 2.75) is 11.7 Å². The first-order valence-corrected chi connectivity index (χ1v) is 9.84. The SMILES string of the molecule is COc1ccc(C(=O)CC2S/C(=N\N=C\c3c[nH]c4ccccc34)NC2=O)cc1. The quantitative estimate of drug-likeness (QED) is 0.373. The average molecular weight is 406 g/mol. The lowest BCUT2D eigenvalue weighted by molar-refractivity contribution is -0.118. The highest BCUT2D eigenvalue weighted by molar-refractivity contribution is 8.15. The second kappa shape index (κ2) is 8.32. The van der Waals surface area contributed by atoms with Crippen LogP contribution in [0, 0.1) is 0 Å². The number of nitrogens with one attached hydrogen (secondary N) is 2. The molecule has 1 saturated heterocycles. The van der Waals surface area contributed by atoms with E-state index in [1.165, 1.54) is 11.8 Å². The highest BCUT2D eigenvalue weighted by atomic mass is 32.2. The Balaban J connectivity index is 1.40. The predicted octanol–water partition coefficient (Wildman–Crippen LogP) is 3.37. The van der Waals surface area contributed by atoms with Gasteiger partial charge in [-0.15, -0.1) is 5.10 Å². The second-order valence-corrected chi connectivity index (χ2v) is 7.58. The molecule has 1 amide bonds. The smallest absolute Gasteiger partial charge is 0.240 e. The Kier molecular flexibility index (Phi) is 5.44. The van der Waals surface area contributed by atoms with Crippen LogP contribution in [0.5, 0.6) is 5.75 Å². The van der Waals surface area contributed by atoms with Gasteiger partial charge in [0.05, 0.1) is 18.6 Å². The summed E-state index contributed by atoms with van der Waals surface area (Å²) in [5.74, 6) is 0.332. The van der Waals surface area contributed by atoms with Gasteiger partial charge in [-0.25, -0.2) is 0 Å². The van der Waals surface area contributed by atoms with Crippen LogP contribution < -0.4 is 10.1 Å². The summed E-state index contributed by atoms with van der Waals surface area (Å²) in [7, 11) is 1.57. The first-order chi connectivity index (χ1) is 14.1. The lowest BCUT2D eigenvalue weighted by Gasteiger charge is -2.05. The standard InChI is InChI=1S/C21H18N4O3S/c1-28-15-8-6-13(7-9-15)18(26)10-19-20(27)24-21(29-19)25-23-12-14-11-22-17-5-3-2-4-16(14)17/h2-9,11-12,19,22H,10H2,1H3,(H,24,25,27)/b23-12+. The minimum absolute atomic E-state index is 0.0913. The molecule has 1 aliphatic rings. The van der Waals surface area contributed by atoms with E-state index in [9.17, 15) is 9.59 Å². The largest absolute Gasteiger partial charge is 0.497 e. The number of thioether (sulfide) groups is 1. The van der Waals surface area contributed by atoms with Crippen LogP contribution in [0.3, 0.4) is 0 Å². The molecule has 1 fully saturated rings. The van der Waals surface area contributed by atoms with Gasteiger partial charge in [-0.1, -0.05) is 30.0 Å². The zero-order chi connectivity index (χ0) is 20.2. The normalized spacial score (nSPS) is 17.9. The van der Waals surface area contributed by atoms with Crippen molar-refractivity contribution >= 4 is 45.7 Å². The fourth-order valence-electron chi connectivity index (χ4n) is 2.99. The van der Waals surface area contributed by atoms with Crippen molar-refractivity contribution in [3.8, 4) is 5.75 Å². The number of carbonyl (C=O) groups excluding carboxylic acids is 2. The van der Waals surface area contributed by atoms with Crippen LogP contribution in [-0.4, -0.2) is 40.4 Å². The van der Waals surface area contributed by atoms with E-state index in [-0.39, 0.29) is 18.1 Å². The predicted molar refractivity (Wildman–Crippen MR) is 115 cm³/mol. The van der Waals surface area contributed by atoms with Crippen LogP contribution in [0.4, 0.5) is 0 Å². The third-order valence-electron chi connectivity index (χ3n) is 4.53. The topological polar surface area (TPSA) is 95.9 Å². The van der Waals surface area contributed by atoms with Crippen molar-refractivity contribution in [2.24, 2.45) is 10.2 Å².